The summed E-state index contributed by atoms with van der Waals surface area (Å²) in [6.45, 7) is 1.90. The summed E-state index contributed by atoms with van der Waals surface area (Å²) >= 11 is 1.46. The summed E-state index contributed by atoms with van der Waals surface area (Å²) < 4.78 is 0. The normalized spacial score (nSPS) is 23.9. The van der Waals surface area contributed by atoms with E-state index in [1.54, 1.807) is 18.2 Å². The fourth-order valence-corrected chi connectivity index (χ4v) is 3.34. The molecule has 0 heterocycles. The standard InChI is InChI=1S/C12H13NO3S/c1-8-10(14)6-7-11(8)17-12-5-3-2-4-9(12)13(15)16/h2-5,8,11H,6-7H2,1H3. The van der Waals surface area contributed by atoms with E-state index in [0.29, 0.717) is 11.3 Å². The second kappa shape index (κ2) is 4.87. The molecule has 1 fully saturated rings. The van der Waals surface area contributed by atoms with Crippen LogP contribution in [0, 0.1) is 16.0 Å². The van der Waals surface area contributed by atoms with E-state index in [1.807, 2.05) is 6.92 Å². The lowest BCUT2D eigenvalue weighted by molar-refractivity contribution is -0.387. The molecule has 1 aliphatic carbocycles. The van der Waals surface area contributed by atoms with E-state index in [-0.39, 0.29) is 27.6 Å². The molecule has 0 amide bonds. The van der Waals surface area contributed by atoms with E-state index >= 15 is 0 Å². The second-order valence-corrected chi connectivity index (χ2v) is 5.46. The fourth-order valence-electron chi connectivity index (χ4n) is 2.00. The molecule has 1 aliphatic rings. The number of carbonyl (C=O) groups is 1. The van der Waals surface area contributed by atoms with Crippen LogP contribution in [0.25, 0.3) is 0 Å². The minimum atomic E-state index is -0.371. The monoisotopic (exact) mass is 251 g/mol. The van der Waals surface area contributed by atoms with Crippen molar-refractivity contribution in [2.24, 2.45) is 5.92 Å². The molecule has 0 N–H and O–H groups in total. The number of nitrogens with zero attached hydrogens (tertiary/aromatic N) is 1. The number of hydrogen-bond donors (Lipinski definition) is 0. The first-order valence-corrected chi connectivity index (χ1v) is 6.40. The maximum absolute atomic E-state index is 11.4. The lowest BCUT2D eigenvalue weighted by atomic mass is 10.1. The van der Waals surface area contributed by atoms with Crippen LogP contribution in [0.3, 0.4) is 0 Å². The van der Waals surface area contributed by atoms with Crippen LogP contribution in [0.1, 0.15) is 19.8 Å². The maximum Gasteiger partial charge on any atom is 0.282 e. The lowest BCUT2D eigenvalue weighted by Crippen LogP contribution is -2.12. The summed E-state index contributed by atoms with van der Waals surface area (Å²) in [6.07, 6.45) is 1.41. The van der Waals surface area contributed by atoms with Crippen LogP contribution in [-0.4, -0.2) is 16.0 Å². The predicted octanol–water partition coefficient (Wildman–Crippen LogP) is 3.05. The Kier molecular flexibility index (Phi) is 3.47. The molecule has 0 aromatic heterocycles. The molecule has 0 radical (unpaired) electrons. The zero-order valence-electron chi connectivity index (χ0n) is 9.46. The number of Topliss-reactive ketones (excluding diaryl/α,β-unsaturated/α-hetero) is 1. The summed E-state index contributed by atoms with van der Waals surface area (Å²) in [5.74, 6) is 0.265. The zero-order chi connectivity index (χ0) is 12.4. The highest BCUT2D eigenvalue weighted by molar-refractivity contribution is 8.00. The third kappa shape index (κ3) is 2.49. The summed E-state index contributed by atoms with van der Waals surface area (Å²) in [4.78, 5) is 22.6. The molecule has 0 aliphatic heterocycles. The number of hydrogen-bond acceptors (Lipinski definition) is 4. The van der Waals surface area contributed by atoms with Gasteiger partial charge in [-0.2, -0.15) is 0 Å². The molecular weight excluding hydrogens is 238 g/mol. The molecule has 90 valence electrons. The Hall–Kier alpha value is -1.36. The van der Waals surface area contributed by atoms with Crippen molar-refractivity contribution in [3.63, 3.8) is 0 Å². The number of para-hydroxylation sites is 1. The first kappa shape index (κ1) is 12.1. The summed E-state index contributed by atoms with van der Waals surface area (Å²) in [7, 11) is 0. The van der Waals surface area contributed by atoms with Gasteiger partial charge < -0.3 is 0 Å². The zero-order valence-corrected chi connectivity index (χ0v) is 10.3. The number of carbonyl (C=O) groups excluding carboxylic acids is 1. The minimum Gasteiger partial charge on any atom is -0.299 e. The lowest BCUT2D eigenvalue weighted by Gasteiger charge is -2.13. The quantitative estimate of drug-likeness (QED) is 0.612. The van der Waals surface area contributed by atoms with Crippen molar-refractivity contribution in [3.05, 3.63) is 34.4 Å². The molecule has 1 aromatic rings. The average molecular weight is 251 g/mol. The third-order valence-electron chi connectivity index (χ3n) is 3.08. The molecule has 2 rings (SSSR count). The molecule has 4 nitrogen and oxygen atoms in total. The minimum absolute atomic E-state index is 0.000176. The first-order chi connectivity index (χ1) is 8.09. The number of benzene rings is 1. The van der Waals surface area contributed by atoms with Gasteiger partial charge in [0, 0.05) is 23.7 Å². The van der Waals surface area contributed by atoms with Crippen molar-refractivity contribution in [2.75, 3.05) is 0 Å². The van der Waals surface area contributed by atoms with Gasteiger partial charge in [-0.05, 0) is 12.5 Å². The molecule has 2 atom stereocenters. The Bertz CT molecular complexity index is 461. The van der Waals surface area contributed by atoms with Crippen LogP contribution >= 0.6 is 11.8 Å². The van der Waals surface area contributed by atoms with E-state index in [2.05, 4.69) is 0 Å². The summed E-state index contributed by atoms with van der Waals surface area (Å²) in [5.41, 5.74) is 0.129. The van der Waals surface area contributed by atoms with Gasteiger partial charge in [-0.1, -0.05) is 19.1 Å². The number of nitro benzene ring substituents is 1. The van der Waals surface area contributed by atoms with E-state index in [9.17, 15) is 14.9 Å². The van der Waals surface area contributed by atoms with E-state index in [0.717, 1.165) is 6.42 Å². The third-order valence-corrected chi connectivity index (χ3v) is 4.63. The van der Waals surface area contributed by atoms with Gasteiger partial charge in [0.25, 0.3) is 5.69 Å². The highest BCUT2D eigenvalue weighted by atomic mass is 32.2. The van der Waals surface area contributed by atoms with Gasteiger partial charge in [-0.3, -0.25) is 14.9 Å². The summed E-state index contributed by atoms with van der Waals surface area (Å²) in [5, 5.41) is 11.0. The Morgan fingerprint density at radius 3 is 2.71 bits per heavy atom. The first-order valence-electron chi connectivity index (χ1n) is 5.52. The van der Waals surface area contributed by atoms with Crippen LogP contribution in [0.5, 0.6) is 0 Å². The molecular formula is C12H13NO3S. The molecule has 17 heavy (non-hydrogen) atoms. The van der Waals surface area contributed by atoms with Crippen LogP contribution in [-0.2, 0) is 4.79 Å². The Morgan fingerprint density at radius 1 is 1.41 bits per heavy atom. The number of thioether (sulfide) groups is 1. The molecule has 0 bridgehead atoms. The van der Waals surface area contributed by atoms with E-state index in [4.69, 9.17) is 0 Å². The number of rotatable bonds is 3. The molecule has 5 heteroatoms. The van der Waals surface area contributed by atoms with Crippen molar-refractivity contribution >= 4 is 23.2 Å². The Morgan fingerprint density at radius 2 is 2.12 bits per heavy atom. The van der Waals surface area contributed by atoms with Crippen molar-refractivity contribution in [1.29, 1.82) is 0 Å². The van der Waals surface area contributed by atoms with Gasteiger partial charge in [0.15, 0.2) is 0 Å². The SMILES string of the molecule is CC1C(=O)CCC1Sc1ccccc1[N+](=O)[O-]. The Labute approximate surface area is 104 Å². The smallest absolute Gasteiger partial charge is 0.282 e. The summed E-state index contributed by atoms with van der Waals surface area (Å²) in [6, 6.07) is 6.70. The van der Waals surface area contributed by atoms with Crippen LogP contribution < -0.4 is 0 Å². The van der Waals surface area contributed by atoms with Gasteiger partial charge in [0.05, 0.1) is 9.82 Å². The van der Waals surface area contributed by atoms with E-state index in [1.165, 1.54) is 17.8 Å². The molecule has 2 unspecified atom stereocenters. The van der Waals surface area contributed by atoms with Crippen LogP contribution in [0.15, 0.2) is 29.2 Å². The predicted molar refractivity (Wildman–Crippen MR) is 66.1 cm³/mol. The van der Waals surface area contributed by atoms with Crippen molar-refractivity contribution in [2.45, 2.75) is 29.9 Å². The number of ketones is 1. The maximum atomic E-state index is 11.4. The van der Waals surface area contributed by atoms with Crippen molar-refractivity contribution < 1.29 is 9.72 Å². The number of nitro groups is 1. The van der Waals surface area contributed by atoms with Crippen LogP contribution in [0.4, 0.5) is 5.69 Å². The van der Waals surface area contributed by atoms with Gasteiger partial charge in [0.1, 0.15) is 5.78 Å². The molecule has 0 saturated heterocycles. The molecule has 1 saturated carbocycles. The average Bonchev–Trinajstić information content (AvgIpc) is 2.61. The van der Waals surface area contributed by atoms with Crippen molar-refractivity contribution in [3.8, 4) is 0 Å². The highest BCUT2D eigenvalue weighted by Crippen LogP contribution is 2.40. The topological polar surface area (TPSA) is 60.2 Å². The van der Waals surface area contributed by atoms with Gasteiger partial charge >= 0.3 is 0 Å². The Balaban J connectivity index is 2.19. The fraction of sp³-hybridized carbons (Fsp3) is 0.417. The van der Waals surface area contributed by atoms with Gasteiger partial charge in [-0.25, -0.2) is 0 Å². The van der Waals surface area contributed by atoms with Crippen LogP contribution in [0.2, 0.25) is 0 Å². The van der Waals surface area contributed by atoms with Gasteiger partial charge in [-0.15, -0.1) is 11.8 Å². The van der Waals surface area contributed by atoms with Gasteiger partial charge in [0.2, 0.25) is 0 Å². The highest BCUT2D eigenvalue weighted by Gasteiger charge is 2.32. The second-order valence-electron chi connectivity index (χ2n) is 4.17. The van der Waals surface area contributed by atoms with Crippen molar-refractivity contribution in [1.82, 2.24) is 0 Å². The van der Waals surface area contributed by atoms with E-state index < -0.39 is 0 Å². The molecule has 1 aromatic carbocycles. The largest absolute Gasteiger partial charge is 0.299 e. The molecule has 0 spiro atoms.